The van der Waals surface area contributed by atoms with Crippen LogP contribution < -0.4 is 0 Å². The van der Waals surface area contributed by atoms with Gasteiger partial charge in [0.25, 0.3) is 0 Å². The molecule has 0 atom stereocenters. The third-order valence-corrected chi connectivity index (χ3v) is 5.83. The molecule has 0 amide bonds. The van der Waals surface area contributed by atoms with Crippen LogP contribution in [0.4, 0.5) is 0 Å². The second kappa shape index (κ2) is 6.63. The molecule has 0 aromatic heterocycles. The summed E-state index contributed by atoms with van der Waals surface area (Å²) in [6.45, 7) is 0. The summed E-state index contributed by atoms with van der Waals surface area (Å²) in [5, 5.41) is 0. The maximum Gasteiger partial charge on any atom is 0.0332 e. The Labute approximate surface area is 128 Å². The van der Waals surface area contributed by atoms with E-state index >= 15 is 0 Å². The van der Waals surface area contributed by atoms with Gasteiger partial charge in [-0.15, -0.1) is 23.2 Å². The van der Waals surface area contributed by atoms with Gasteiger partial charge in [0.1, 0.15) is 0 Å². The molecule has 2 rings (SSSR count). The quantitative estimate of drug-likeness (QED) is 0.594. The molecule has 0 spiro atoms. The number of alkyl halides is 2. The Kier molecular flexibility index (Phi) is 5.41. The Morgan fingerprint density at radius 1 is 1.11 bits per heavy atom. The van der Waals surface area contributed by atoms with E-state index < -0.39 is 0 Å². The molecular weight excluding hydrogens is 331 g/mol. The van der Waals surface area contributed by atoms with Crippen molar-refractivity contribution in [3.05, 3.63) is 34.3 Å². The van der Waals surface area contributed by atoms with Crippen molar-refractivity contribution in [2.45, 2.75) is 37.5 Å². The van der Waals surface area contributed by atoms with Crippen LogP contribution in [0.25, 0.3) is 0 Å². The van der Waals surface area contributed by atoms with Gasteiger partial charge in [-0.3, -0.25) is 0 Å². The van der Waals surface area contributed by atoms with E-state index in [0.29, 0.717) is 11.8 Å². The maximum absolute atomic E-state index is 6.30. The van der Waals surface area contributed by atoms with Gasteiger partial charge < -0.3 is 0 Å². The fourth-order valence-electron chi connectivity index (χ4n) is 3.06. The number of hydrogen-bond acceptors (Lipinski definition) is 0. The summed E-state index contributed by atoms with van der Waals surface area (Å²) in [6.07, 6.45) is 6.51. The van der Waals surface area contributed by atoms with Crippen LogP contribution in [0.15, 0.2) is 28.7 Å². The third-order valence-electron chi connectivity index (χ3n) is 4.11. The van der Waals surface area contributed by atoms with E-state index in [2.05, 4.69) is 34.1 Å². The number of halogens is 3. The van der Waals surface area contributed by atoms with Gasteiger partial charge in [0.2, 0.25) is 0 Å². The summed E-state index contributed by atoms with van der Waals surface area (Å²) >= 11 is 16.3. The third kappa shape index (κ3) is 3.05. The standard InChI is InChI=1S/C15H19BrCl2/c16-14-8-4-3-7-13(14)15(10-17,11-18)9-12-5-1-2-6-12/h3-4,7-8,12H,1-2,5-6,9-11H2. The SMILES string of the molecule is ClCC(CCl)(CC1CCCC1)c1ccccc1Br. The van der Waals surface area contributed by atoms with E-state index in [4.69, 9.17) is 23.2 Å². The molecule has 0 saturated heterocycles. The van der Waals surface area contributed by atoms with Crippen molar-refractivity contribution in [1.29, 1.82) is 0 Å². The fraction of sp³-hybridized carbons (Fsp3) is 0.600. The normalized spacial score (nSPS) is 17.3. The Hall–Kier alpha value is 0.280. The lowest BCUT2D eigenvalue weighted by Gasteiger charge is -2.33. The summed E-state index contributed by atoms with van der Waals surface area (Å²) in [4.78, 5) is 0. The van der Waals surface area contributed by atoms with Crippen molar-refractivity contribution >= 4 is 39.1 Å². The molecule has 1 aliphatic carbocycles. The lowest BCUT2D eigenvalue weighted by Crippen LogP contribution is -2.33. The van der Waals surface area contributed by atoms with Crippen LogP contribution in [0.5, 0.6) is 0 Å². The first-order chi connectivity index (χ1) is 8.72. The Morgan fingerprint density at radius 3 is 2.28 bits per heavy atom. The Bertz CT molecular complexity index is 382. The van der Waals surface area contributed by atoms with Gasteiger partial charge in [-0.1, -0.05) is 59.8 Å². The van der Waals surface area contributed by atoms with Crippen LogP contribution in [-0.2, 0) is 5.41 Å². The van der Waals surface area contributed by atoms with E-state index in [0.717, 1.165) is 16.8 Å². The predicted molar refractivity (Wildman–Crippen MR) is 83.8 cm³/mol. The molecule has 1 saturated carbocycles. The van der Waals surface area contributed by atoms with Crippen molar-refractivity contribution in [1.82, 2.24) is 0 Å². The van der Waals surface area contributed by atoms with Crippen LogP contribution in [0.1, 0.15) is 37.7 Å². The van der Waals surface area contributed by atoms with Crippen molar-refractivity contribution in [3.8, 4) is 0 Å². The van der Waals surface area contributed by atoms with Gasteiger partial charge in [-0.05, 0) is 24.0 Å². The predicted octanol–water partition coefficient (Wildman–Crippen LogP) is 5.74. The molecule has 18 heavy (non-hydrogen) atoms. The summed E-state index contributed by atoms with van der Waals surface area (Å²) in [6, 6.07) is 8.35. The molecule has 0 aliphatic heterocycles. The van der Waals surface area contributed by atoms with E-state index in [1.54, 1.807) is 0 Å². The maximum atomic E-state index is 6.30. The van der Waals surface area contributed by atoms with Crippen molar-refractivity contribution in [2.24, 2.45) is 5.92 Å². The average molecular weight is 350 g/mol. The molecule has 0 radical (unpaired) electrons. The first-order valence-corrected chi connectivity index (χ1v) is 8.45. The minimum absolute atomic E-state index is 0.0851. The van der Waals surface area contributed by atoms with E-state index in [1.165, 1.54) is 31.2 Å². The highest BCUT2D eigenvalue weighted by Gasteiger charge is 2.35. The van der Waals surface area contributed by atoms with Crippen molar-refractivity contribution in [2.75, 3.05) is 11.8 Å². The highest BCUT2D eigenvalue weighted by molar-refractivity contribution is 9.10. The van der Waals surface area contributed by atoms with Crippen LogP contribution >= 0.6 is 39.1 Å². The smallest absolute Gasteiger partial charge is 0.0332 e. The molecule has 1 aliphatic rings. The first kappa shape index (κ1) is 14.7. The number of rotatable bonds is 5. The average Bonchev–Trinajstić information content (AvgIpc) is 2.90. The molecule has 0 nitrogen and oxygen atoms in total. The lowest BCUT2D eigenvalue weighted by molar-refractivity contribution is 0.371. The van der Waals surface area contributed by atoms with Gasteiger partial charge >= 0.3 is 0 Å². The van der Waals surface area contributed by atoms with Gasteiger partial charge in [-0.2, -0.15) is 0 Å². The molecular formula is C15H19BrCl2. The zero-order chi connectivity index (χ0) is 13.0. The molecule has 0 heterocycles. The number of benzene rings is 1. The second-order valence-corrected chi connectivity index (χ2v) is 6.77. The Balaban J connectivity index is 2.27. The summed E-state index contributed by atoms with van der Waals surface area (Å²) in [5.41, 5.74) is 1.18. The van der Waals surface area contributed by atoms with Gasteiger partial charge in [0.05, 0.1) is 0 Å². The zero-order valence-electron chi connectivity index (χ0n) is 10.5. The molecule has 1 fully saturated rings. The minimum Gasteiger partial charge on any atom is -0.126 e. The second-order valence-electron chi connectivity index (χ2n) is 5.38. The molecule has 0 bridgehead atoms. The van der Waals surface area contributed by atoms with Crippen LogP contribution in [0, 0.1) is 5.92 Å². The highest BCUT2D eigenvalue weighted by atomic mass is 79.9. The topological polar surface area (TPSA) is 0 Å². The molecule has 3 heteroatoms. The van der Waals surface area contributed by atoms with Crippen LogP contribution in [-0.4, -0.2) is 11.8 Å². The highest BCUT2D eigenvalue weighted by Crippen LogP contribution is 2.42. The molecule has 0 N–H and O–H groups in total. The van der Waals surface area contributed by atoms with Crippen LogP contribution in [0.2, 0.25) is 0 Å². The van der Waals surface area contributed by atoms with E-state index in [-0.39, 0.29) is 5.41 Å². The van der Waals surface area contributed by atoms with E-state index in [9.17, 15) is 0 Å². The largest absolute Gasteiger partial charge is 0.126 e. The van der Waals surface area contributed by atoms with Gasteiger partial charge in [0.15, 0.2) is 0 Å². The summed E-state index contributed by atoms with van der Waals surface area (Å²) < 4.78 is 1.13. The minimum atomic E-state index is -0.0851. The first-order valence-electron chi connectivity index (χ1n) is 6.59. The summed E-state index contributed by atoms with van der Waals surface area (Å²) in [7, 11) is 0. The molecule has 1 aromatic rings. The lowest BCUT2D eigenvalue weighted by atomic mass is 9.76. The van der Waals surface area contributed by atoms with Gasteiger partial charge in [-0.25, -0.2) is 0 Å². The number of hydrogen-bond donors (Lipinski definition) is 0. The van der Waals surface area contributed by atoms with Crippen LogP contribution in [0.3, 0.4) is 0 Å². The monoisotopic (exact) mass is 348 g/mol. The fourth-order valence-corrected chi connectivity index (χ4v) is 4.55. The Morgan fingerprint density at radius 2 is 1.72 bits per heavy atom. The molecule has 1 aromatic carbocycles. The van der Waals surface area contributed by atoms with Crippen molar-refractivity contribution < 1.29 is 0 Å². The molecule has 100 valence electrons. The zero-order valence-corrected chi connectivity index (χ0v) is 13.6. The van der Waals surface area contributed by atoms with E-state index in [1.807, 2.05) is 6.07 Å². The molecule has 0 unspecified atom stereocenters. The van der Waals surface area contributed by atoms with Crippen molar-refractivity contribution in [3.63, 3.8) is 0 Å². The summed E-state index contributed by atoms with van der Waals surface area (Å²) in [5.74, 6) is 1.97. The van der Waals surface area contributed by atoms with Gasteiger partial charge in [0, 0.05) is 21.6 Å².